The first-order chi connectivity index (χ1) is 39.8. The molecule has 1 aliphatic heterocycles. The highest BCUT2D eigenvalue weighted by Gasteiger charge is 2.35. The third kappa shape index (κ3) is 17.8. The topological polar surface area (TPSA) is 229 Å². The standard InChI is InChI=1S/C65H67N5O12/c1-43(2)59(63(75)80-40-46-22-12-5-13-23-46)70-62(74)54-34-51-32-49(28-30-57(51)78-38-44-18-8-3-9-19-44)50-29-31-58(79-39-45-20-10-4-11-21-45)52(33-50)35-55(69-65(77)82-42-48-26-16-7-17-27-48)60(72)68-56(61(73)67-54)36-53(71)37-66-64(76)81-41-47-24-14-6-15-25-47/h3-33,43,53-56,59,71H,34-42H2,1-2H3,(H,66,76)(H,67,73)(H,68,72)(H,69,77)(H,70,74)/t53-,54+,55+,56+,59+/m1/s1. The molecule has 0 radical (unpaired) electrons. The van der Waals surface area contributed by atoms with Crippen molar-refractivity contribution in [1.29, 1.82) is 0 Å². The first kappa shape index (κ1) is 58.7. The molecular formula is C65H67N5O12. The van der Waals surface area contributed by atoms with Gasteiger partial charge >= 0.3 is 18.2 Å². The summed E-state index contributed by atoms with van der Waals surface area (Å²) in [6.45, 7) is 3.15. The molecule has 0 fully saturated rings. The molecule has 6 N–H and O–H groups in total. The van der Waals surface area contributed by atoms with Gasteiger partial charge in [-0.2, -0.15) is 0 Å². The van der Waals surface area contributed by atoms with E-state index in [1.165, 1.54) is 0 Å². The lowest BCUT2D eigenvalue weighted by Crippen LogP contribution is -2.59. The second kappa shape index (κ2) is 29.7. The van der Waals surface area contributed by atoms with Crippen LogP contribution in [0.15, 0.2) is 188 Å². The highest BCUT2D eigenvalue weighted by Crippen LogP contribution is 2.33. The van der Waals surface area contributed by atoms with Crippen LogP contribution in [0, 0.1) is 5.92 Å². The van der Waals surface area contributed by atoms with Gasteiger partial charge in [-0.25, -0.2) is 14.4 Å². The van der Waals surface area contributed by atoms with E-state index < -0.39 is 85.0 Å². The lowest BCUT2D eigenvalue weighted by Gasteiger charge is -2.28. The Morgan fingerprint density at radius 1 is 0.537 bits per heavy atom. The van der Waals surface area contributed by atoms with Crippen molar-refractivity contribution in [3.05, 3.63) is 227 Å². The molecule has 5 atom stereocenters. The summed E-state index contributed by atoms with van der Waals surface area (Å²) in [6.07, 6.45) is -4.21. The van der Waals surface area contributed by atoms with E-state index >= 15 is 9.59 Å². The molecule has 1 aliphatic rings. The Hall–Kier alpha value is -9.48. The van der Waals surface area contributed by atoms with Crippen LogP contribution in [-0.4, -0.2) is 77.8 Å². The van der Waals surface area contributed by atoms with Gasteiger partial charge in [-0.15, -0.1) is 0 Å². The number of carbonyl (C=O) groups is 6. The van der Waals surface area contributed by atoms with Gasteiger partial charge < -0.3 is 55.4 Å². The maximum Gasteiger partial charge on any atom is 0.408 e. The smallest absolute Gasteiger partial charge is 0.408 e. The zero-order chi connectivity index (χ0) is 57.6. The Balaban J connectivity index is 1.18. The number of alkyl carbamates (subject to hydrolysis) is 2. The number of hydrogen-bond acceptors (Lipinski definition) is 12. The van der Waals surface area contributed by atoms with E-state index in [2.05, 4.69) is 26.6 Å². The number of aliphatic hydroxyl groups excluding tert-OH is 1. The Bertz CT molecular complexity index is 3230. The number of hydrogen-bond donors (Lipinski definition) is 6. The number of carbonyl (C=O) groups excluding carboxylic acids is 6. The largest absolute Gasteiger partial charge is 0.489 e. The average molecular weight is 1110 g/mol. The number of rotatable bonds is 21. The summed E-state index contributed by atoms with van der Waals surface area (Å²) in [6, 6.07) is 51.2. The van der Waals surface area contributed by atoms with Crippen LogP contribution in [0.3, 0.4) is 0 Å². The molecule has 5 amide bonds. The van der Waals surface area contributed by atoms with Crippen molar-refractivity contribution in [1.82, 2.24) is 26.6 Å². The third-order valence-electron chi connectivity index (χ3n) is 13.5. The first-order valence-corrected chi connectivity index (χ1v) is 27.1. The van der Waals surface area contributed by atoms with Crippen molar-refractivity contribution < 1.29 is 57.6 Å². The monoisotopic (exact) mass is 1110 g/mol. The molecule has 0 aromatic heterocycles. The number of benzene rings is 7. The number of esters is 1. The van der Waals surface area contributed by atoms with Gasteiger partial charge in [0.15, 0.2) is 0 Å². The van der Waals surface area contributed by atoms with E-state index in [1.54, 1.807) is 86.6 Å². The summed E-state index contributed by atoms with van der Waals surface area (Å²) in [5.41, 5.74) is 6.20. The van der Waals surface area contributed by atoms with E-state index in [9.17, 15) is 24.3 Å². The van der Waals surface area contributed by atoms with E-state index in [-0.39, 0.29) is 45.9 Å². The molecule has 17 nitrogen and oxygen atoms in total. The van der Waals surface area contributed by atoms with Crippen LogP contribution in [0.5, 0.6) is 11.5 Å². The maximum atomic E-state index is 15.1. The van der Waals surface area contributed by atoms with Crippen LogP contribution in [0.4, 0.5) is 9.59 Å². The molecule has 82 heavy (non-hydrogen) atoms. The molecule has 0 unspecified atom stereocenters. The van der Waals surface area contributed by atoms with Gasteiger partial charge in [0.25, 0.3) is 0 Å². The lowest BCUT2D eigenvalue weighted by molar-refractivity contribution is -0.150. The lowest BCUT2D eigenvalue weighted by atomic mass is 9.95. The minimum Gasteiger partial charge on any atom is -0.489 e. The number of ether oxygens (including phenoxy) is 5. The normalized spacial score (nSPS) is 15.8. The average Bonchev–Trinajstić information content (AvgIpc) is 3.73. The Labute approximate surface area is 476 Å². The quantitative estimate of drug-likeness (QED) is 0.0294. The predicted octanol–water partition coefficient (Wildman–Crippen LogP) is 8.44. The van der Waals surface area contributed by atoms with Crippen LogP contribution in [0.1, 0.15) is 59.2 Å². The molecule has 4 bridgehead atoms. The summed E-state index contributed by atoms with van der Waals surface area (Å²) in [5.74, 6) is -2.98. The molecule has 0 aliphatic carbocycles. The second-order valence-corrected chi connectivity index (χ2v) is 20.1. The highest BCUT2D eigenvalue weighted by atomic mass is 16.6. The molecule has 424 valence electrons. The van der Waals surface area contributed by atoms with Crippen molar-refractivity contribution >= 4 is 35.9 Å². The summed E-state index contributed by atoms with van der Waals surface area (Å²) in [7, 11) is 0. The van der Waals surface area contributed by atoms with E-state index in [4.69, 9.17) is 23.7 Å². The van der Waals surface area contributed by atoms with Crippen LogP contribution < -0.4 is 36.1 Å². The molecule has 17 heteroatoms. The zero-order valence-electron chi connectivity index (χ0n) is 45.7. The van der Waals surface area contributed by atoms with Crippen LogP contribution >= 0.6 is 0 Å². The number of nitrogens with one attached hydrogen (secondary N) is 5. The Kier molecular flexibility index (Phi) is 21.2. The van der Waals surface area contributed by atoms with E-state index in [0.717, 1.165) is 22.3 Å². The van der Waals surface area contributed by atoms with Crippen LogP contribution in [0.25, 0.3) is 11.1 Å². The van der Waals surface area contributed by atoms with Crippen LogP contribution in [0.2, 0.25) is 0 Å². The van der Waals surface area contributed by atoms with Crippen molar-refractivity contribution in [3.8, 4) is 22.6 Å². The zero-order valence-corrected chi connectivity index (χ0v) is 45.7. The molecule has 0 saturated carbocycles. The number of fused-ring (bicyclic) bond motifs is 5. The summed E-state index contributed by atoms with van der Waals surface area (Å²) in [5, 5.41) is 25.2. The molecule has 7 aromatic carbocycles. The van der Waals surface area contributed by atoms with Crippen molar-refractivity contribution in [2.75, 3.05) is 6.54 Å². The molecule has 8 rings (SSSR count). The number of aliphatic hydroxyl groups is 1. The minimum atomic E-state index is -1.63. The molecule has 0 saturated heterocycles. The first-order valence-electron chi connectivity index (χ1n) is 27.1. The van der Waals surface area contributed by atoms with Crippen molar-refractivity contribution in [3.63, 3.8) is 0 Å². The predicted molar refractivity (Wildman–Crippen MR) is 307 cm³/mol. The van der Waals surface area contributed by atoms with Gasteiger partial charge in [-0.1, -0.05) is 178 Å². The van der Waals surface area contributed by atoms with Crippen molar-refractivity contribution in [2.45, 2.75) is 96.4 Å². The second-order valence-electron chi connectivity index (χ2n) is 20.1. The van der Waals surface area contributed by atoms with Crippen molar-refractivity contribution in [2.24, 2.45) is 5.92 Å². The van der Waals surface area contributed by atoms with Gasteiger partial charge in [0.2, 0.25) is 17.7 Å². The highest BCUT2D eigenvalue weighted by molar-refractivity contribution is 5.95. The fraction of sp³-hybridized carbons (Fsp3) is 0.262. The van der Waals surface area contributed by atoms with Gasteiger partial charge in [0, 0.05) is 25.8 Å². The van der Waals surface area contributed by atoms with Gasteiger partial charge in [-0.3, -0.25) is 14.4 Å². The van der Waals surface area contributed by atoms with Gasteiger partial charge in [-0.05, 0) is 80.3 Å². The molecule has 7 aromatic rings. The fourth-order valence-corrected chi connectivity index (χ4v) is 9.03. The minimum absolute atomic E-state index is 0.0538. The summed E-state index contributed by atoms with van der Waals surface area (Å²) < 4.78 is 29.6. The van der Waals surface area contributed by atoms with E-state index in [0.29, 0.717) is 39.3 Å². The Morgan fingerprint density at radius 3 is 1.45 bits per heavy atom. The van der Waals surface area contributed by atoms with Crippen LogP contribution in [-0.2, 0) is 79.3 Å². The molecule has 0 spiro atoms. The van der Waals surface area contributed by atoms with Gasteiger partial charge in [0.05, 0.1) is 6.10 Å². The van der Waals surface area contributed by atoms with Gasteiger partial charge in [0.1, 0.15) is 68.7 Å². The summed E-state index contributed by atoms with van der Waals surface area (Å²) >= 11 is 0. The summed E-state index contributed by atoms with van der Waals surface area (Å²) in [4.78, 5) is 85.6. The molecule has 1 heterocycles. The third-order valence-corrected chi connectivity index (χ3v) is 13.5. The van der Waals surface area contributed by atoms with E-state index in [1.807, 2.05) is 115 Å². The molecular weight excluding hydrogens is 1040 g/mol. The maximum absolute atomic E-state index is 15.1. The SMILES string of the molecule is CC(C)[C@H](NC(=O)[C@@H]1Cc2cc(ccc2OCc2ccccc2)-c2ccc(OCc3ccccc3)c(c2)C[C@H](NC(=O)OCc2ccccc2)C(=O)N[C@@H](C[C@@H](O)CNC(=O)OCc2ccccc2)C(=O)N1)C(=O)OCc1ccccc1. The Morgan fingerprint density at radius 2 is 0.976 bits per heavy atom. The number of amides is 5. The fourth-order valence-electron chi connectivity index (χ4n) is 9.03.